The van der Waals surface area contributed by atoms with E-state index in [0.717, 1.165) is 36.2 Å². The highest BCUT2D eigenvalue weighted by atomic mass is 16.5. The Kier molecular flexibility index (Phi) is 6.92. The smallest absolute Gasteiger partial charge is 0.191 e. The molecule has 2 aromatic rings. The molecule has 2 atom stereocenters. The second-order valence-electron chi connectivity index (χ2n) is 6.28. The van der Waals surface area contributed by atoms with E-state index in [1.54, 1.807) is 14.2 Å². The van der Waals surface area contributed by atoms with Crippen molar-refractivity contribution >= 4 is 5.96 Å². The van der Waals surface area contributed by atoms with Crippen LogP contribution < -0.4 is 15.4 Å². The summed E-state index contributed by atoms with van der Waals surface area (Å²) in [5, 5.41) is 6.73. The lowest BCUT2D eigenvalue weighted by molar-refractivity contribution is 0.414. The van der Waals surface area contributed by atoms with Gasteiger partial charge in [0.05, 0.1) is 13.2 Å². The van der Waals surface area contributed by atoms with Crippen LogP contribution in [0.4, 0.5) is 0 Å². The third-order valence-electron chi connectivity index (χ3n) is 4.32. The first-order chi connectivity index (χ1) is 12.0. The maximum absolute atomic E-state index is 5.65. The van der Waals surface area contributed by atoms with Gasteiger partial charge < -0.3 is 19.8 Å². The van der Waals surface area contributed by atoms with Crippen molar-refractivity contribution in [1.82, 2.24) is 10.6 Å². The average Bonchev–Trinajstić information content (AvgIpc) is 3.07. The number of hydrogen-bond acceptors (Lipinski definition) is 3. The van der Waals surface area contributed by atoms with Crippen molar-refractivity contribution in [2.24, 2.45) is 4.99 Å². The zero-order valence-corrected chi connectivity index (χ0v) is 15.8. The molecule has 2 rings (SSSR count). The molecule has 0 aliphatic heterocycles. The molecule has 0 saturated heterocycles. The van der Waals surface area contributed by atoms with Crippen molar-refractivity contribution < 1.29 is 9.15 Å². The van der Waals surface area contributed by atoms with Gasteiger partial charge in [0, 0.05) is 13.6 Å². The fourth-order valence-corrected chi connectivity index (χ4v) is 2.66. The lowest BCUT2D eigenvalue weighted by Crippen LogP contribution is -2.39. The van der Waals surface area contributed by atoms with E-state index in [-0.39, 0.29) is 6.04 Å². The van der Waals surface area contributed by atoms with Crippen LogP contribution in [-0.4, -0.2) is 26.7 Å². The van der Waals surface area contributed by atoms with E-state index in [0.29, 0.717) is 5.92 Å². The number of methoxy groups -OCH3 is 1. The maximum atomic E-state index is 5.65. The Bertz CT molecular complexity index is 677. The van der Waals surface area contributed by atoms with E-state index in [9.17, 15) is 0 Å². The van der Waals surface area contributed by atoms with Gasteiger partial charge in [-0.05, 0) is 56.0 Å². The van der Waals surface area contributed by atoms with Crippen molar-refractivity contribution in [2.45, 2.75) is 39.2 Å². The lowest BCUT2D eigenvalue weighted by atomic mass is 9.98. The van der Waals surface area contributed by atoms with Gasteiger partial charge in [0.25, 0.3) is 0 Å². The van der Waals surface area contributed by atoms with Crippen LogP contribution in [-0.2, 0) is 0 Å². The standard InChI is InChI=1S/C20H29N3O2/c1-14(17-7-9-18(24-5)10-8-17)12-13-22-20(21-4)23-16(3)19-11-6-15(2)25-19/h6-11,14,16H,12-13H2,1-5H3,(H2,21,22,23). The maximum Gasteiger partial charge on any atom is 0.191 e. The molecular weight excluding hydrogens is 314 g/mol. The van der Waals surface area contributed by atoms with Gasteiger partial charge in [0.15, 0.2) is 5.96 Å². The summed E-state index contributed by atoms with van der Waals surface area (Å²) in [4.78, 5) is 4.29. The monoisotopic (exact) mass is 343 g/mol. The van der Waals surface area contributed by atoms with E-state index in [4.69, 9.17) is 9.15 Å². The fourth-order valence-electron chi connectivity index (χ4n) is 2.66. The van der Waals surface area contributed by atoms with Crippen molar-refractivity contribution in [1.29, 1.82) is 0 Å². The summed E-state index contributed by atoms with van der Waals surface area (Å²) in [5.41, 5.74) is 1.31. The first-order valence-electron chi connectivity index (χ1n) is 8.71. The normalized spacial score (nSPS) is 14.0. The van der Waals surface area contributed by atoms with Crippen LogP contribution in [0.3, 0.4) is 0 Å². The molecule has 0 amide bonds. The van der Waals surface area contributed by atoms with Gasteiger partial charge in [-0.2, -0.15) is 0 Å². The van der Waals surface area contributed by atoms with Crippen LogP contribution in [0, 0.1) is 6.92 Å². The number of aliphatic imine (C=N–C) groups is 1. The number of benzene rings is 1. The Morgan fingerprint density at radius 2 is 1.88 bits per heavy atom. The quantitative estimate of drug-likeness (QED) is 0.589. The number of nitrogens with zero attached hydrogens (tertiary/aromatic N) is 1. The molecule has 0 bridgehead atoms. The molecule has 0 saturated carbocycles. The van der Waals surface area contributed by atoms with Crippen LogP contribution in [0.25, 0.3) is 0 Å². The predicted molar refractivity (Wildman–Crippen MR) is 102 cm³/mol. The summed E-state index contributed by atoms with van der Waals surface area (Å²) < 4.78 is 10.9. The first kappa shape index (κ1) is 18.9. The fraction of sp³-hybridized carbons (Fsp3) is 0.450. The molecule has 0 fully saturated rings. The van der Waals surface area contributed by atoms with Crippen molar-refractivity contribution in [3.8, 4) is 5.75 Å². The average molecular weight is 343 g/mol. The van der Waals surface area contributed by atoms with Crippen molar-refractivity contribution in [3.05, 3.63) is 53.5 Å². The Hall–Kier alpha value is -2.43. The SMILES string of the molecule is CN=C(NCCC(C)c1ccc(OC)cc1)NC(C)c1ccc(C)o1. The number of nitrogens with one attached hydrogen (secondary N) is 2. The second-order valence-corrected chi connectivity index (χ2v) is 6.28. The van der Waals surface area contributed by atoms with Gasteiger partial charge in [0.2, 0.25) is 0 Å². The van der Waals surface area contributed by atoms with Crippen molar-refractivity contribution in [2.75, 3.05) is 20.7 Å². The van der Waals surface area contributed by atoms with Crippen LogP contribution in [0.1, 0.15) is 49.3 Å². The summed E-state index contributed by atoms with van der Waals surface area (Å²) in [6, 6.07) is 12.3. The highest BCUT2D eigenvalue weighted by molar-refractivity contribution is 5.79. The van der Waals surface area contributed by atoms with Crippen LogP contribution in [0.5, 0.6) is 5.75 Å². The Morgan fingerprint density at radius 1 is 1.16 bits per heavy atom. The summed E-state index contributed by atoms with van der Waals surface area (Å²) in [6.45, 7) is 7.08. The summed E-state index contributed by atoms with van der Waals surface area (Å²) in [7, 11) is 3.47. The summed E-state index contributed by atoms with van der Waals surface area (Å²) in [6.07, 6.45) is 1.02. The minimum absolute atomic E-state index is 0.0684. The van der Waals surface area contributed by atoms with E-state index >= 15 is 0 Å². The van der Waals surface area contributed by atoms with Gasteiger partial charge in [-0.15, -0.1) is 0 Å². The summed E-state index contributed by atoms with van der Waals surface area (Å²) >= 11 is 0. The number of hydrogen-bond donors (Lipinski definition) is 2. The first-order valence-corrected chi connectivity index (χ1v) is 8.71. The van der Waals surface area contributed by atoms with Gasteiger partial charge >= 0.3 is 0 Å². The highest BCUT2D eigenvalue weighted by Gasteiger charge is 2.12. The molecule has 1 aromatic heterocycles. The number of guanidine groups is 1. The predicted octanol–water partition coefficient (Wildman–Crippen LogP) is 4.02. The Morgan fingerprint density at radius 3 is 2.44 bits per heavy atom. The van der Waals surface area contributed by atoms with Gasteiger partial charge in [-0.3, -0.25) is 4.99 Å². The van der Waals surface area contributed by atoms with Crippen LogP contribution in [0.2, 0.25) is 0 Å². The molecule has 2 unspecified atom stereocenters. The van der Waals surface area contributed by atoms with Gasteiger partial charge in [0.1, 0.15) is 17.3 Å². The van der Waals surface area contributed by atoms with Gasteiger partial charge in [-0.1, -0.05) is 19.1 Å². The van der Waals surface area contributed by atoms with E-state index in [2.05, 4.69) is 41.6 Å². The zero-order valence-electron chi connectivity index (χ0n) is 15.8. The molecule has 5 heteroatoms. The third kappa shape index (κ3) is 5.55. The second kappa shape index (κ2) is 9.16. The zero-order chi connectivity index (χ0) is 18.2. The van der Waals surface area contributed by atoms with Crippen molar-refractivity contribution in [3.63, 3.8) is 0 Å². The largest absolute Gasteiger partial charge is 0.497 e. The molecule has 0 radical (unpaired) electrons. The minimum Gasteiger partial charge on any atom is -0.497 e. The molecule has 2 N–H and O–H groups in total. The van der Waals surface area contributed by atoms with Crippen LogP contribution in [0.15, 0.2) is 45.8 Å². The highest BCUT2D eigenvalue weighted by Crippen LogP contribution is 2.21. The number of furan rings is 1. The van der Waals surface area contributed by atoms with E-state index in [1.807, 2.05) is 31.2 Å². The number of ether oxygens (including phenoxy) is 1. The topological polar surface area (TPSA) is 58.8 Å². The van der Waals surface area contributed by atoms with Crippen LogP contribution >= 0.6 is 0 Å². The molecular formula is C20H29N3O2. The molecule has 0 spiro atoms. The Balaban J connectivity index is 1.80. The Labute approximate surface area is 150 Å². The molecule has 136 valence electrons. The summed E-state index contributed by atoms with van der Waals surface area (Å²) in [5.74, 6) is 3.96. The minimum atomic E-state index is 0.0684. The number of rotatable bonds is 7. The van der Waals surface area contributed by atoms with Gasteiger partial charge in [-0.25, -0.2) is 0 Å². The molecule has 0 aliphatic rings. The lowest BCUT2D eigenvalue weighted by Gasteiger charge is -2.18. The van der Waals surface area contributed by atoms with E-state index < -0.39 is 0 Å². The molecule has 1 heterocycles. The molecule has 1 aromatic carbocycles. The molecule has 25 heavy (non-hydrogen) atoms. The number of aryl methyl sites for hydroxylation is 1. The molecule has 5 nitrogen and oxygen atoms in total. The molecule has 0 aliphatic carbocycles. The van der Waals surface area contributed by atoms with E-state index in [1.165, 1.54) is 5.56 Å². The third-order valence-corrected chi connectivity index (χ3v) is 4.32.